The Bertz CT molecular complexity index is 732. The molecule has 7 heteroatoms. The molecule has 0 bridgehead atoms. The number of benzene rings is 2. The van der Waals surface area contributed by atoms with Gasteiger partial charge in [0.05, 0.1) is 5.69 Å². The van der Waals surface area contributed by atoms with Crippen molar-refractivity contribution in [1.82, 2.24) is 0 Å². The van der Waals surface area contributed by atoms with Gasteiger partial charge in [-0.25, -0.2) is 4.79 Å². The zero-order chi connectivity index (χ0) is 18.8. The molecular weight excluding hydrogens is 338 g/mol. The fraction of sp³-hybridized carbons (Fsp3) is 0.263. The third kappa shape index (κ3) is 6.45. The molecule has 1 amide bonds. The molecule has 0 saturated heterocycles. The first-order valence-electron chi connectivity index (χ1n) is 8.02. The highest BCUT2D eigenvalue weighted by molar-refractivity contribution is 5.87. The van der Waals surface area contributed by atoms with Crippen molar-refractivity contribution in [1.29, 1.82) is 0 Å². The second-order valence-corrected chi connectivity index (χ2v) is 5.46. The van der Waals surface area contributed by atoms with Crippen LogP contribution in [0.4, 0.5) is 10.5 Å². The van der Waals surface area contributed by atoms with Crippen LogP contribution in [0.15, 0.2) is 48.5 Å². The first kappa shape index (κ1) is 19.3. The molecule has 0 aliphatic heterocycles. The van der Waals surface area contributed by atoms with E-state index in [1.165, 1.54) is 7.11 Å². The highest BCUT2D eigenvalue weighted by Gasteiger charge is 2.11. The third-order valence-corrected chi connectivity index (χ3v) is 3.45. The second-order valence-electron chi connectivity index (χ2n) is 5.46. The SMILES string of the molecule is COCOc1ccc(CCC(=O)O)cc1NC(=O)OCc1ccccc1. The van der Waals surface area contributed by atoms with Crippen LogP contribution in [-0.4, -0.2) is 31.1 Å². The van der Waals surface area contributed by atoms with Crippen LogP contribution in [0.3, 0.4) is 0 Å². The summed E-state index contributed by atoms with van der Waals surface area (Å²) in [7, 11) is 1.49. The van der Waals surface area contributed by atoms with Gasteiger partial charge in [-0.05, 0) is 29.7 Å². The minimum absolute atomic E-state index is 0.00380. The molecule has 2 aromatic carbocycles. The van der Waals surface area contributed by atoms with E-state index in [1.807, 2.05) is 30.3 Å². The number of ether oxygens (including phenoxy) is 3. The van der Waals surface area contributed by atoms with Gasteiger partial charge in [-0.15, -0.1) is 0 Å². The molecule has 0 fully saturated rings. The summed E-state index contributed by atoms with van der Waals surface area (Å²) in [6.07, 6.45) is -0.296. The molecule has 0 spiro atoms. The van der Waals surface area contributed by atoms with Gasteiger partial charge < -0.3 is 19.3 Å². The number of carboxylic acid groups (broad SMARTS) is 1. The number of carbonyl (C=O) groups excluding carboxylic acids is 1. The number of carbonyl (C=O) groups is 2. The molecule has 2 rings (SSSR count). The van der Waals surface area contributed by atoms with Gasteiger partial charge >= 0.3 is 12.1 Å². The zero-order valence-corrected chi connectivity index (χ0v) is 14.4. The van der Waals surface area contributed by atoms with E-state index in [9.17, 15) is 9.59 Å². The monoisotopic (exact) mass is 359 g/mol. The Labute approximate surface area is 151 Å². The fourth-order valence-corrected chi connectivity index (χ4v) is 2.20. The Hall–Kier alpha value is -3.06. The number of rotatable bonds is 9. The third-order valence-electron chi connectivity index (χ3n) is 3.45. The van der Waals surface area contributed by atoms with Gasteiger partial charge in [0.15, 0.2) is 6.79 Å². The second kappa shape index (κ2) is 10.0. The number of methoxy groups -OCH3 is 1. The predicted octanol–water partition coefficient (Wildman–Crippen LogP) is 3.44. The number of amides is 1. The standard InChI is InChI=1S/C19H21NO6/c1-24-13-26-17-9-7-14(8-10-18(21)22)11-16(17)20-19(23)25-12-15-5-3-2-4-6-15/h2-7,9,11H,8,10,12-13H2,1H3,(H,20,23)(H,21,22). The van der Waals surface area contributed by atoms with Crippen LogP contribution in [0.2, 0.25) is 0 Å². The summed E-state index contributed by atoms with van der Waals surface area (Å²) in [5.41, 5.74) is 2.02. The van der Waals surface area contributed by atoms with Crippen LogP contribution < -0.4 is 10.1 Å². The number of nitrogens with one attached hydrogen (secondary N) is 1. The lowest BCUT2D eigenvalue weighted by Crippen LogP contribution is -2.15. The lowest BCUT2D eigenvalue weighted by Gasteiger charge is -2.14. The number of hydrogen-bond acceptors (Lipinski definition) is 5. The van der Waals surface area contributed by atoms with Crippen molar-refractivity contribution in [3.05, 3.63) is 59.7 Å². The molecule has 0 unspecified atom stereocenters. The number of hydrogen-bond donors (Lipinski definition) is 2. The van der Waals surface area contributed by atoms with Gasteiger partial charge in [0.25, 0.3) is 0 Å². The van der Waals surface area contributed by atoms with Crippen LogP contribution in [0.25, 0.3) is 0 Å². The maximum atomic E-state index is 12.1. The molecule has 0 saturated carbocycles. The van der Waals surface area contributed by atoms with Crippen molar-refractivity contribution in [3.8, 4) is 5.75 Å². The molecular formula is C19H21NO6. The van der Waals surface area contributed by atoms with Crippen LogP contribution in [0.1, 0.15) is 17.5 Å². The number of aryl methyl sites for hydroxylation is 1. The first-order chi connectivity index (χ1) is 12.6. The number of aliphatic carboxylic acids is 1. The summed E-state index contributed by atoms with van der Waals surface area (Å²) in [6.45, 7) is 0.155. The summed E-state index contributed by atoms with van der Waals surface area (Å²) in [5.74, 6) is -0.482. The molecule has 0 aromatic heterocycles. The van der Waals surface area contributed by atoms with Gasteiger partial charge in [-0.1, -0.05) is 36.4 Å². The molecule has 2 N–H and O–H groups in total. The smallest absolute Gasteiger partial charge is 0.412 e. The Morgan fingerprint density at radius 1 is 1.08 bits per heavy atom. The molecule has 0 radical (unpaired) electrons. The molecule has 0 aliphatic rings. The Morgan fingerprint density at radius 2 is 1.85 bits per heavy atom. The summed E-state index contributed by atoms with van der Waals surface area (Å²) in [6, 6.07) is 14.4. The molecule has 26 heavy (non-hydrogen) atoms. The van der Waals surface area contributed by atoms with E-state index in [1.54, 1.807) is 18.2 Å². The van der Waals surface area contributed by atoms with E-state index in [-0.39, 0.29) is 19.8 Å². The van der Waals surface area contributed by atoms with Crippen LogP contribution in [0.5, 0.6) is 5.75 Å². The van der Waals surface area contributed by atoms with E-state index < -0.39 is 12.1 Å². The minimum atomic E-state index is -0.888. The lowest BCUT2D eigenvalue weighted by molar-refractivity contribution is -0.136. The van der Waals surface area contributed by atoms with Crippen molar-refractivity contribution in [3.63, 3.8) is 0 Å². The van der Waals surface area contributed by atoms with Crippen LogP contribution >= 0.6 is 0 Å². The predicted molar refractivity (Wildman–Crippen MR) is 95.2 cm³/mol. The minimum Gasteiger partial charge on any atom is -0.481 e. The zero-order valence-electron chi connectivity index (χ0n) is 14.4. The van der Waals surface area contributed by atoms with Crippen molar-refractivity contribution in [2.24, 2.45) is 0 Å². The number of carboxylic acids is 1. The highest BCUT2D eigenvalue weighted by Crippen LogP contribution is 2.27. The lowest BCUT2D eigenvalue weighted by atomic mass is 10.1. The van der Waals surface area contributed by atoms with E-state index in [0.717, 1.165) is 11.1 Å². The Morgan fingerprint density at radius 3 is 2.54 bits per heavy atom. The average Bonchev–Trinajstić information content (AvgIpc) is 2.65. The molecule has 138 valence electrons. The van der Waals surface area contributed by atoms with Crippen molar-refractivity contribution in [2.45, 2.75) is 19.4 Å². The van der Waals surface area contributed by atoms with Crippen LogP contribution in [-0.2, 0) is 27.3 Å². The number of anilines is 1. The van der Waals surface area contributed by atoms with Gasteiger partial charge in [0.2, 0.25) is 0 Å². The van der Waals surface area contributed by atoms with E-state index in [0.29, 0.717) is 17.9 Å². The van der Waals surface area contributed by atoms with E-state index in [4.69, 9.17) is 19.3 Å². The molecule has 0 heterocycles. The quantitative estimate of drug-likeness (QED) is 0.666. The average molecular weight is 359 g/mol. The van der Waals surface area contributed by atoms with Gasteiger partial charge in [-0.2, -0.15) is 0 Å². The summed E-state index contributed by atoms with van der Waals surface area (Å²) in [4.78, 5) is 22.8. The van der Waals surface area contributed by atoms with Crippen LogP contribution in [0, 0.1) is 0 Å². The Balaban J connectivity index is 2.03. The van der Waals surface area contributed by atoms with Gasteiger partial charge in [-0.3, -0.25) is 10.1 Å². The summed E-state index contributed by atoms with van der Waals surface area (Å²) in [5, 5.41) is 11.4. The molecule has 0 atom stereocenters. The fourth-order valence-electron chi connectivity index (χ4n) is 2.20. The molecule has 0 aliphatic carbocycles. The van der Waals surface area contributed by atoms with E-state index in [2.05, 4.69) is 5.32 Å². The van der Waals surface area contributed by atoms with Gasteiger partial charge in [0.1, 0.15) is 12.4 Å². The van der Waals surface area contributed by atoms with Crippen molar-refractivity contribution in [2.75, 3.05) is 19.2 Å². The maximum Gasteiger partial charge on any atom is 0.412 e. The Kier molecular flexibility index (Phi) is 7.45. The maximum absolute atomic E-state index is 12.1. The van der Waals surface area contributed by atoms with Gasteiger partial charge in [0, 0.05) is 13.5 Å². The molecule has 7 nitrogen and oxygen atoms in total. The highest BCUT2D eigenvalue weighted by atomic mass is 16.7. The van der Waals surface area contributed by atoms with Crippen molar-refractivity contribution < 1.29 is 28.9 Å². The largest absolute Gasteiger partial charge is 0.481 e. The normalized spacial score (nSPS) is 10.2. The van der Waals surface area contributed by atoms with E-state index >= 15 is 0 Å². The summed E-state index contributed by atoms with van der Waals surface area (Å²) >= 11 is 0. The summed E-state index contributed by atoms with van der Waals surface area (Å²) < 4.78 is 15.5. The topological polar surface area (TPSA) is 94.1 Å². The van der Waals surface area contributed by atoms with Crippen molar-refractivity contribution >= 4 is 17.7 Å². The first-order valence-corrected chi connectivity index (χ1v) is 8.02. The molecule has 2 aromatic rings.